The van der Waals surface area contributed by atoms with Crippen molar-refractivity contribution in [2.45, 2.75) is 25.2 Å². The number of Topliss-reactive ketones (excluding diaryl/α,β-unsaturated/α-hetero) is 1. The van der Waals surface area contributed by atoms with Gasteiger partial charge in [0.15, 0.2) is 5.78 Å². The van der Waals surface area contributed by atoms with Crippen molar-refractivity contribution in [1.29, 1.82) is 0 Å². The molecule has 0 aliphatic carbocycles. The summed E-state index contributed by atoms with van der Waals surface area (Å²) in [5.74, 6) is -0.381. The molecule has 1 rings (SSSR count). The van der Waals surface area contributed by atoms with Crippen LogP contribution in [0.4, 0.5) is 0 Å². The summed E-state index contributed by atoms with van der Waals surface area (Å²) in [6.45, 7) is 3.86. The van der Waals surface area contributed by atoms with Crippen LogP contribution in [0.3, 0.4) is 0 Å². The molecule has 0 heterocycles. The Bertz CT molecular complexity index is 413. The SMILES string of the molecule is CCOC(=O)c1ccc(C(=O)CC)c(S)c1. The molecule has 0 atom stereocenters. The van der Waals surface area contributed by atoms with E-state index in [4.69, 9.17) is 4.74 Å². The zero-order valence-electron chi connectivity index (χ0n) is 9.32. The molecule has 16 heavy (non-hydrogen) atoms. The highest BCUT2D eigenvalue weighted by Crippen LogP contribution is 2.18. The summed E-state index contributed by atoms with van der Waals surface area (Å²) in [6.07, 6.45) is 0.423. The average molecular weight is 238 g/mol. The van der Waals surface area contributed by atoms with Crippen LogP contribution in [0.5, 0.6) is 0 Å². The predicted molar refractivity (Wildman–Crippen MR) is 64.3 cm³/mol. The molecule has 0 unspecified atom stereocenters. The topological polar surface area (TPSA) is 43.4 Å². The fourth-order valence-corrected chi connectivity index (χ4v) is 1.64. The van der Waals surface area contributed by atoms with E-state index in [9.17, 15) is 9.59 Å². The zero-order valence-corrected chi connectivity index (χ0v) is 10.2. The van der Waals surface area contributed by atoms with E-state index < -0.39 is 5.97 Å². The van der Waals surface area contributed by atoms with Gasteiger partial charge in [-0.2, -0.15) is 0 Å². The van der Waals surface area contributed by atoms with E-state index in [-0.39, 0.29) is 5.78 Å². The maximum Gasteiger partial charge on any atom is 0.338 e. The normalized spacial score (nSPS) is 9.94. The lowest BCUT2D eigenvalue weighted by molar-refractivity contribution is 0.0525. The first kappa shape index (κ1) is 12.8. The van der Waals surface area contributed by atoms with E-state index >= 15 is 0 Å². The van der Waals surface area contributed by atoms with Gasteiger partial charge in [-0.25, -0.2) is 4.79 Å². The molecular formula is C12H14O3S. The van der Waals surface area contributed by atoms with E-state index in [1.807, 2.05) is 0 Å². The monoisotopic (exact) mass is 238 g/mol. The Morgan fingerprint density at radius 2 is 2.00 bits per heavy atom. The van der Waals surface area contributed by atoms with Crippen molar-refractivity contribution in [3.63, 3.8) is 0 Å². The van der Waals surface area contributed by atoms with Gasteiger partial charge in [-0.05, 0) is 25.1 Å². The predicted octanol–water partition coefficient (Wildman–Crippen LogP) is 2.74. The molecule has 0 aliphatic heterocycles. The Kier molecular flexibility index (Phi) is 4.55. The summed E-state index contributed by atoms with van der Waals surface area (Å²) >= 11 is 4.20. The highest BCUT2D eigenvalue weighted by molar-refractivity contribution is 7.80. The van der Waals surface area contributed by atoms with Gasteiger partial charge in [0.1, 0.15) is 0 Å². The van der Waals surface area contributed by atoms with Crippen LogP contribution in [0.2, 0.25) is 0 Å². The number of ketones is 1. The van der Waals surface area contributed by atoms with Crippen LogP contribution in [0, 0.1) is 0 Å². The highest BCUT2D eigenvalue weighted by atomic mass is 32.1. The molecule has 0 N–H and O–H groups in total. The van der Waals surface area contributed by atoms with Crippen LogP contribution < -0.4 is 0 Å². The molecule has 0 aliphatic rings. The lowest BCUT2D eigenvalue weighted by atomic mass is 10.1. The second-order valence-corrected chi connectivity index (χ2v) is 3.71. The number of thiol groups is 1. The number of carbonyl (C=O) groups excluding carboxylic acids is 2. The van der Waals surface area contributed by atoms with E-state index in [0.29, 0.717) is 29.1 Å². The Hall–Kier alpha value is -1.29. The first-order valence-electron chi connectivity index (χ1n) is 5.13. The maximum absolute atomic E-state index is 11.5. The summed E-state index contributed by atoms with van der Waals surface area (Å²) in [4.78, 5) is 23.4. The molecule has 0 saturated carbocycles. The molecule has 0 fully saturated rings. The van der Waals surface area contributed by atoms with Gasteiger partial charge in [0.2, 0.25) is 0 Å². The molecular weight excluding hydrogens is 224 g/mol. The third-order valence-electron chi connectivity index (χ3n) is 2.13. The summed E-state index contributed by atoms with van der Waals surface area (Å²) in [6, 6.07) is 4.75. The molecule has 0 aromatic heterocycles. The second kappa shape index (κ2) is 5.70. The minimum absolute atomic E-state index is 0.0143. The van der Waals surface area contributed by atoms with Gasteiger partial charge in [0, 0.05) is 16.9 Å². The Balaban J connectivity index is 2.99. The van der Waals surface area contributed by atoms with E-state index in [1.54, 1.807) is 32.0 Å². The molecule has 0 bridgehead atoms. The summed E-state index contributed by atoms with van der Waals surface area (Å²) in [7, 11) is 0. The number of rotatable bonds is 4. The smallest absolute Gasteiger partial charge is 0.338 e. The van der Waals surface area contributed by atoms with E-state index in [1.165, 1.54) is 0 Å². The van der Waals surface area contributed by atoms with Gasteiger partial charge in [-0.1, -0.05) is 6.92 Å². The van der Waals surface area contributed by atoms with Crippen molar-refractivity contribution in [1.82, 2.24) is 0 Å². The number of hydrogen-bond acceptors (Lipinski definition) is 4. The largest absolute Gasteiger partial charge is 0.462 e. The summed E-state index contributed by atoms with van der Waals surface area (Å²) < 4.78 is 4.85. The summed E-state index contributed by atoms with van der Waals surface area (Å²) in [5, 5.41) is 0. The Morgan fingerprint density at radius 3 is 2.50 bits per heavy atom. The Labute approximate surface area is 100 Å². The van der Waals surface area contributed by atoms with Crippen LogP contribution in [-0.2, 0) is 4.74 Å². The van der Waals surface area contributed by atoms with Crippen LogP contribution in [0.25, 0.3) is 0 Å². The molecule has 0 radical (unpaired) electrons. The van der Waals surface area contributed by atoms with Crippen molar-refractivity contribution in [2.24, 2.45) is 0 Å². The third-order valence-corrected chi connectivity index (χ3v) is 2.50. The first-order valence-corrected chi connectivity index (χ1v) is 5.58. The maximum atomic E-state index is 11.5. The molecule has 4 heteroatoms. The number of carbonyl (C=O) groups is 2. The first-order chi connectivity index (χ1) is 7.60. The minimum atomic E-state index is -0.395. The fourth-order valence-electron chi connectivity index (χ4n) is 1.30. The molecule has 0 amide bonds. The van der Waals surface area contributed by atoms with Crippen molar-refractivity contribution in [3.05, 3.63) is 29.3 Å². The fraction of sp³-hybridized carbons (Fsp3) is 0.333. The molecule has 0 saturated heterocycles. The molecule has 1 aromatic carbocycles. The van der Waals surface area contributed by atoms with Crippen molar-refractivity contribution < 1.29 is 14.3 Å². The van der Waals surface area contributed by atoms with Crippen molar-refractivity contribution in [3.8, 4) is 0 Å². The number of ether oxygens (including phenoxy) is 1. The number of benzene rings is 1. The van der Waals surface area contributed by atoms with E-state index in [0.717, 1.165) is 0 Å². The molecule has 0 spiro atoms. The minimum Gasteiger partial charge on any atom is -0.462 e. The molecule has 86 valence electrons. The van der Waals surface area contributed by atoms with Gasteiger partial charge < -0.3 is 4.74 Å². The van der Waals surface area contributed by atoms with Crippen LogP contribution in [0.1, 0.15) is 41.0 Å². The number of esters is 1. The van der Waals surface area contributed by atoms with Crippen molar-refractivity contribution >= 4 is 24.4 Å². The van der Waals surface area contributed by atoms with Gasteiger partial charge in [-0.15, -0.1) is 12.6 Å². The quantitative estimate of drug-likeness (QED) is 0.498. The van der Waals surface area contributed by atoms with E-state index in [2.05, 4.69) is 12.6 Å². The van der Waals surface area contributed by atoms with Crippen molar-refractivity contribution in [2.75, 3.05) is 6.61 Å². The van der Waals surface area contributed by atoms with Gasteiger partial charge >= 0.3 is 5.97 Å². The van der Waals surface area contributed by atoms with Crippen LogP contribution in [-0.4, -0.2) is 18.4 Å². The highest BCUT2D eigenvalue weighted by Gasteiger charge is 2.12. The van der Waals surface area contributed by atoms with Gasteiger partial charge in [-0.3, -0.25) is 4.79 Å². The van der Waals surface area contributed by atoms with Crippen LogP contribution >= 0.6 is 12.6 Å². The second-order valence-electron chi connectivity index (χ2n) is 3.23. The number of hydrogen-bond donors (Lipinski definition) is 1. The lowest BCUT2D eigenvalue weighted by Gasteiger charge is -2.05. The standard InChI is InChI=1S/C12H14O3S/c1-3-10(13)9-6-5-8(7-11(9)16)12(14)15-4-2/h5-7,16H,3-4H2,1-2H3. The molecule has 1 aromatic rings. The van der Waals surface area contributed by atoms with Crippen LogP contribution in [0.15, 0.2) is 23.1 Å². The average Bonchev–Trinajstić information content (AvgIpc) is 2.28. The Morgan fingerprint density at radius 1 is 1.31 bits per heavy atom. The molecule has 3 nitrogen and oxygen atoms in total. The summed E-state index contributed by atoms with van der Waals surface area (Å²) in [5.41, 5.74) is 0.957. The zero-order chi connectivity index (χ0) is 12.1. The lowest BCUT2D eigenvalue weighted by Crippen LogP contribution is -2.06. The van der Waals surface area contributed by atoms with Gasteiger partial charge in [0.05, 0.1) is 12.2 Å². The van der Waals surface area contributed by atoms with Gasteiger partial charge in [0.25, 0.3) is 0 Å². The third kappa shape index (κ3) is 2.85.